The quantitative estimate of drug-likeness (QED) is 0.700. The van der Waals surface area contributed by atoms with Crippen molar-refractivity contribution in [1.82, 2.24) is 0 Å². The van der Waals surface area contributed by atoms with Gasteiger partial charge in [0, 0.05) is 22.2 Å². The molecule has 0 atom stereocenters. The second kappa shape index (κ2) is 8.32. The molecule has 2 amide bonds. The first-order valence-electron chi connectivity index (χ1n) is 7.70. The molecule has 2 aromatic rings. The molecule has 0 aliphatic heterocycles. The molecule has 7 heteroatoms. The normalized spacial score (nSPS) is 10.3. The van der Waals surface area contributed by atoms with Crippen molar-refractivity contribution in [3.63, 3.8) is 0 Å². The number of urea groups is 1. The van der Waals surface area contributed by atoms with Crippen LogP contribution in [0.5, 0.6) is 11.5 Å². The lowest BCUT2D eigenvalue weighted by Crippen LogP contribution is -2.20. The topological polar surface area (TPSA) is 59.6 Å². The molecule has 0 spiro atoms. The molecule has 2 aromatic carbocycles. The summed E-state index contributed by atoms with van der Waals surface area (Å²) in [5.41, 5.74) is 2.71. The zero-order chi connectivity index (χ0) is 18.6. The molecule has 134 valence electrons. The largest absolute Gasteiger partial charge is 0.495 e. The highest BCUT2D eigenvalue weighted by molar-refractivity contribution is 6.32. The van der Waals surface area contributed by atoms with Crippen molar-refractivity contribution in [2.45, 2.75) is 20.8 Å². The van der Waals surface area contributed by atoms with E-state index >= 15 is 0 Å². The van der Waals surface area contributed by atoms with Crippen LogP contribution >= 0.6 is 23.2 Å². The molecule has 5 nitrogen and oxygen atoms in total. The summed E-state index contributed by atoms with van der Waals surface area (Å²) in [7, 11) is 1.51. The number of halogens is 2. The summed E-state index contributed by atoms with van der Waals surface area (Å²) in [5.74, 6) is 0.982. The Morgan fingerprint density at radius 1 is 0.960 bits per heavy atom. The van der Waals surface area contributed by atoms with E-state index < -0.39 is 6.03 Å². The van der Waals surface area contributed by atoms with Gasteiger partial charge in [-0.25, -0.2) is 4.79 Å². The Hall–Kier alpha value is -2.11. The molecule has 25 heavy (non-hydrogen) atoms. The lowest BCUT2D eigenvalue weighted by atomic mass is 10.2. The summed E-state index contributed by atoms with van der Waals surface area (Å²) in [6.07, 6.45) is 0. The number of carbonyl (C=O) groups is 1. The first-order chi connectivity index (χ1) is 11.8. The van der Waals surface area contributed by atoms with Crippen molar-refractivity contribution < 1.29 is 14.3 Å². The van der Waals surface area contributed by atoms with Crippen LogP contribution in [0.3, 0.4) is 0 Å². The van der Waals surface area contributed by atoms with Gasteiger partial charge in [0.2, 0.25) is 0 Å². The molecule has 0 unspecified atom stereocenters. The number of hydrogen-bond acceptors (Lipinski definition) is 3. The molecule has 0 aromatic heterocycles. The molecular weight excluding hydrogens is 363 g/mol. The maximum absolute atomic E-state index is 12.4. The van der Waals surface area contributed by atoms with E-state index in [0.717, 1.165) is 11.1 Å². The molecular formula is C18H20Cl2N2O3. The Morgan fingerprint density at radius 3 is 1.92 bits per heavy atom. The van der Waals surface area contributed by atoms with Crippen LogP contribution in [-0.4, -0.2) is 19.7 Å². The number of aryl methyl sites for hydroxylation is 2. The van der Waals surface area contributed by atoms with E-state index in [0.29, 0.717) is 39.5 Å². The number of carbonyl (C=O) groups excluding carboxylic acids is 1. The van der Waals surface area contributed by atoms with Crippen LogP contribution in [-0.2, 0) is 0 Å². The predicted octanol–water partition coefficient (Wildman–Crippen LogP) is 5.66. The molecule has 2 N–H and O–H groups in total. The average molecular weight is 383 g/mol. The molecule has 0 saturated carbocycles. The van der Waals surface area contributed by atoms with Gasteiger partial charge in [-0.05, 0) is 44.0 Å². The molecule has 0 radical (unpaired) electrons. The first-order valence-corrected chi connectivity index (χ1v) is 8.46. The van der Waals surface area contributed by atoms with Gasteiger partial charge < -0.3 is 20.1 Å². The highest BCUT2D eigenvalue weighted by Crippen LogP contribution is 2.33. The number of ether oxygens (including phenoxy) is 2. The number of benzene rings is 2. The summed E-state index contributed by atoms with van der Waals surface area (Å²) in [4.78, 5) is 12.4. The number of methoxy groups -OCH3 is 1. The number of nitrogens with one attached hydrogen (secondary N) is 2. The molecule has 0 bridgehead atoms. The Bertz CT molecular complexity index is 794. The number of anilines is 2. The highest BCUT2D eigenvalue weighted by atomic mass is 35.5. The zero-order valence-corrected chi connectivity index (χ0v) is 16.0. The third-order valence-electron chi connectivity index (χ3n) is 3.54. The molecule has 0 heterocycles. The van der Waals surface area contributed by atoms with E-state index in [1.54, 1.807) is 24.3 Å². The number of amides is 2. The van der Waals surface area contributed by atoms with Crippen LogP contribution in [0.1, 0.15) is 18.1 Å². The summed E-state index contributed by atoms with van der Waals surface area (Å²) in [5, 5.41) is 6.67. The van der Waals surface area contributed by atoms with Gasteiger partial charge in [0.1, 0.15) is 11.5 Å². The maximum Gasteiger partial charge on any atom is 0.323 e. The van der Waals surface area contributed by atoms with Crippen molar-refractivity contribution in [3.8, 4) is 11.5 Å². The van der Waals surface area contributed by atoms with Crippen molar-refractivity contribution >= 4 is 40.6 Å². The smallest absolute Gasteiger partial charge is 0.323 e. The predicted molar refractivity (Wildman–Crippen MR) is 103 cm³/mol. The molecule has 0 saturated heterocycles. The highest BCUT2D eigenvalue weighted by Gasteiger charge is 2.14. The third-order valence-corrected chi connectivity index (χ3v) is 4.35. The average Bonchev–Trinajstić information content (AvgIpc) is 2.55. The summed E-state index contributed by atoms with van der Waals surface area (Å²) in [6.45, 7) is 6.02. The fourth-order valence-electron chi connectivity index (χ4n) is 2.24. The van der Waals surface area contributed by atoms with E-state index in [9.17, 15) is 4.79 Å². The summed E-state index contributed by atoms with van der Waals surface area (Å²) >= 11 is 12.2. The SMILES string of the molecule is CCOc1cc(Cl)c(C)cc1NC(=O)Nc1cc(C)c(Cl)cc1OC. The van der Waals surface area contributed by atoms with E-state index in [1.807, 2.05) is 20.8 Å². The maximum atomic E-state index is 12.4. The molecule has 0 fully saturated rings. The minimum atomic E-state index is -0.428. The summed E-state index contributed by atoms with van der Waals surface area (Å²) in [6, 6.07) is 6.42. The second-order valence-corrected chi connectivity index (χ2v) is 6.23. The minimum Gasteiger partial charge on any atom is -0.495 e. The Kier molecular flexibility index (Phi) is 6.39. The van der Waals surface area contributed by atoms with Gasteiger partial charge >= 0.3 is 6.03 Å². The third kappa shape index (κ3) is 4.71. The van der Waals surface area contributed by atoms with Crippen LogP contribution in [0.4, 0.5) is 16.2 Å². The van der Waals surface area contributed by atoms with E-state index in [2.05, 4.69) is 10.6 Å². The van der Waals surface area contributed by atoms with Crippen LogP contribution < -0.4 is 20.1 Å². The van der Waals surface area contributed by atoms with Gasteiger partial charge in [0.15, 0.2) is 0 Å². The lowest BCUT2D eigenvalue weighted by Gasteiger charge is -2.16. The van der Waals surface area contributed by atoms with Crippen LogP contribution in [0.25, 0.3) is 0 Å². The second-order valence-electron chi connectivity index (χ2n) is 5.41. The van der Waals surface area contributed by atoms with Gasteiger partial charge in [-0.3, -0.25) is 0 Å². The Balaban J connectivity index is 2.24. The van der Waals surface area contributed by atoms with Gasteiger partial charge in [0.25, 0.3) is 0 Å². The summed E-state index contributed by atoms with van der Waals surface area (Å²) < 4.78 is 10.8. The zero-order valence-electron chi connectivity index (χ0n) is 14.5. The van der Waals surface area contributed by atoms with Crippen molar-refractivity contribution in [1.29, 1.82) is 0 Å². The Labute approximate surface area is 157 Å². The Morgan fingerprint density at radius 2 is 1.44 bits per heavy atom. The number of rotatable bonds is 5. The van der Waals surface area contributed by atoms with E-state index in [-0.39, 0.29) is 0 Å². The van der Waals surface area contributed by atoms with Crippen LogP contribution in [0.2, 0.25) is 10.0 Å². The molecule has 0 aliphatic carbocycles. The minimum absolute atomic E-state index is 0.428. The standard InChI is InChI=1S/C18H20Cl2N2O3/c1-5-25-17-9-13(20)11(3)7-15(17)22-18(23)21-14-6-10(2)12(19)8-16(14)24-4/h6-9H,5H2,1-4H3,(H2,21,22,23). The number of hydrogen-bond donors (Lipinski definition) is 2. The van der Waals surface area contributed by atoms with Crippen molar-refractivity contribution in [2.24, 2.45) is 0 Å². The van der Waals surface area contributed by atoms with Gasteiger partial charge in [-0.1, -0.05) is 23.2 Å². The first kappa shape index (κ1) is 19.2. The molecule has 2 rings (SSSR count). The van der Waals surface area contributed by atoms with Crippen LogP contribution in [0, 0.1) is 13.8 Å². The van der Waals surface area contributed by atoms with E-state index in [4.69, 9.17) is 32.7 Å². The van der Waals surface area contributed by atoms with Crippen molar-refractivity contribution in [3.05, 3.63) is 45.4 Å². The fourth-order valence-corrected chi connectivity index (χ4v) is 2.55. The fraction of sp³-hybridized carbons (Fsp3) is 0.278. The van der Waals surface area contributed by atoms with Gasteiger partial charge in [-0.2, -0.15) is 0 Å². The monoisotopic (exact) mass is 382 g/mol. The van der Waals surface area contributed by atoms with Crippen LogP contribution in [0.15, 0.2) is 24.3 Å². The van der Waals surface area contributed by atoms with Gasteiger partial charge in [-0.15, -0.1) is 0 Å². The van der Waals surface area contributed by atoms with Gasteiger partial charge in [0.05, 0.1) is 25.1 Å². The molecule has 0 aliphatic rings. The van der Waals surface area contributed by atoms with Crippen molar-refractivity contribution in [2.75, 3.05) is 24.4 Å². The lowest BCUT2D eigenvalue weighted by molar-refractivity contribution is 0.261. The van der Waals surface area contributed by atoms with E-state index in [1.165, 1.54) is 7.11 Å².